The summed E-state index contributed by atoms with van der Waals surface area (Å²) >= 11 is 0. The Labute approximate surface area is 180 Å². The summed E-state index contributed by atoms with van der Waals surface area (Å²) in [7, 11) is 1.61. The van der Waals surface area contributed by atoms with Crippen molar-refractivity contribution in [1.82, 2.24) is 34.3 Å². The smallest absolute Gasteiger partial charge is 0.222 e. The molecule has 0 aliphatic heterocycles. The number of nitrogen functional groups attached to an aromatic ring is 1. The minimum atomic E-state index is 0.0935. The molecule has 6 rings (SSSR count). The Balaban J connectivity index is 1.68. The summed E-state index contributed by atoms with van der Waals surface area (Å²) in [6.45, 7) is 0. The molecule has 6 aromatic rings. The van der Waals surface area contributed by atoms with Crippen LogP contribution in [0.5, 0.6) is 5.75 Å². The molecule has 0 aliphatic rings. The molecule has 10 nitrogen and oxygen atoms in total. The summed E-state index contributed by atoms with van der Waals surface area (Å²) in [5.41, 5.74) is 10.5. The zero-order chi connectivity index (χ0) is 21.7. The van der Waals surface area contributed by atoms with E-state index in [0.717, 1.165) is 16.7 Å². The Kier molecular flexibility index (Phi) is 3.90. The van der Waals surface area contributed by atoms with Gasteiger partial charge in [-0.3, -0.25) is 0 Å². The molecule has 1 aromatic carbocycles. The Hall–Kier alpha value is -4.73. The van der Waals surface area contributed by atoms with Crippen LogP contribution >= 0.6 is 0 Å². The van der Waals surface area contributed by atoms with Crippen LogP contribution in [0.4, 0.5) is 5.95 Å². The first-order valence-electron chi connectivity index (χ1n) is 9.75. The number of imidazole rings is 1. The molecule has 2 N–H and O–H groups in total. The summed E-state index contributed by atoms with van der Waals surface area (Å²) in [4.78, 5) is 13.4. The van der Waals surface area contributed by atoms with Gasteiger partial charge in [0.15, 0.2) is 11.6 Å². The Morgan fingerprint density at radius 2 is 2.03 bits per heavy atom. The Morgan fingerprint density at radius 3 is 2.88 bits per heavy atom. The van der Waals surface area contributed by atoms with Crippen molar-refractivity contribution < 1.29 is 9.15 Å². The zero-order valence-corrected chi connectivity index (χ0v) is 16.9. The molecule has 0 saturated carbocycles. The van der Waals surface area contributed by atoms with E-state index in [-0.39, 0.29) is 5.95 Å². The lowest BCUT2D eigenvalue weighted by molar-refractivity contribution is 0.415. The van der Waals surface area contributed by atoms with E-state index in [1.54, 1.807) is 30.3 Å². The van der Waals surface area contributed by atoms with Crippen LogP contribution in [0.25, 0.3) is 45.1 Å². The average Bonchev–Trinajstić information content (AvgIpc) is 3.58. The zero-order valence-electron chi connectivity index (χ0n) is 16.9. The van der Waals surface area contributed by atoms with Gasteiger partial charge in [0.05, 0.1) is 24.5 Å². The third kappa shape index (κ3) is 2.77. The molecule has 0 atom stereocenters. The van der Waals surface area contributed by atoms with E-state index >= 15 is 0 Å². The molecular weight excluding hydrogens is 408 g/mol. The molecule has 0 amide bonds. The standard InChI is InChI=1S/C22H16N8O2/c1-31-14-5-6-16-15(11-14)27-28-30(16)21-19(13-4-7-18-24-8-9-29(18)12-13)20(25-22(23)26-21)17-3-2-10-32-17/h2-12H,1H3,(H2,23,25,26). The molecule has 0 bridgehead atoms. The molecule has 156 valence electrons. The lowest BCUT2D eigenvalue weighted by Gasteiger charge is -2.14. The van der Waals surface area contributed by atoms with Crippen LogP contribution in [0.2, 0.25) is 0 Å². The predicted molar refractivity (Wildman–Crippen MR) is 117 cm³/mol. The number of anilines is 1. The van der Waals surface area contributed by atoms with Crippen molar-refractivity contribution in [2.45, 2.75) is 0 Å². The second-order valence-corrected chi connectivity index (χ2v) is 7.07. The lowest BCUT2D eigenvalue weighted by Crippen LogP contribution is -2.09. The maximum absolute atomic E-state index is 6.12. The van der Waals surface area contributed by atoms with Gasteiger partial charge >= 0.3 is 0 Å². The number of ether oxygens (including phenoxy) is 1. The van der Waals surface area contributed by atoms with Gasteiger partial charge < -0.3 is 19.3 Å². The first-order valence-corrected chi connectivity index (χ1v) is 9.75. The third-order valence-corrected chi connectivity index (χ3v) is 5.19. The largest absolute Gasteiger partial charge is 0.497 e. The van der Waals surface area contributed by atoms with E-state index in [2.05, 4.69) is 25.3 Å². The van der Waals surface area contributed by atoms with Crippen molar-refractivity contribution in [3.05, 3.63) is 67.3 Å². The van der Waals surface area contributed by atoms with Crippen LogP contribution in [0.15, 0.2) is 71.7 Å². The first-order chi connectivity index (χ1) is 15.7. The van der Waals surface area contributed by atoms with E-state index in [0.29, 0.717) is 34.1 Å². The van der Waals surface area contributed by atoms with Gasteiger partial charge in [0.2, 0.25) is 5.95 Å². The molecule has 0 radical (unpaired) electrons. The Morgan fingerprint density at radius 1 is 1.09 bits per heavy atom. The van der Waals surface area contributed by atoms with Gasteiger partial charge in [-0.1, -0.05) is 5.21 Å². The van der Waals surface area contributed by atoms with Gasteiger partial charge in [-0.15, -0.1) is 5.10 Å². The molecule has 32 heavy (non-hydrogen) atoms. The van der Waals surface area contributed by atoms with Gasteiger partial charge in [0.1, 0.15) is 22.6 Å². The van der Waals surface area contributed by atoms with Gasteiger partial charge in [-0.25, -0.2) is 9.97 Å². The highest BCUT2D eigenvalue weighted by atomic mass is 16.5. The fraction of sp³-hybridized carbons (Fsp3) is 0.0455. The van der Waals surface area contributed by atoms with Crippen LogP contribution < -0.4 is 10.5 Å². The topological polar surface area (TPSA) is 122 Å². The fourth-order valence-corrected chi connectivity index (χ4v) is 3.73. The minimum absolute atomic E-state index is 0.0935. The monoisotopic (exact) mass is 424 g/mol. The van der Waals surface area contributed by atoms with Crippen molar-refractivity contribution >= 4 is 22.6 Å². The average molecular weight is 424 g/mol. The minimum Gasteiger partial charge on any atom is -0.497 e. The number of pyridine rings is 1. The van der Waals surface area contributed by atoms with Crippen molar-refractivity contribution in [3.63, 3.8) is 0 Å². The van der Waals surface area contributed by atoms with Crippen LogP contribution in [-0.2, 0) is 0 Å². The second kappa shape index (κ2) is 6.91. The SMILES string of the molecule is COc1ccc2c(c1)nnn2-c1nc(N)nc(-c2ccco2)c1-c1ccc2nccn2c1. The number of rotatable bonds is 4. The van der Waals surface area contributed by atoms with E-state index in [1.807, 2.05) is 53.2 Å². The highest BCUT2D eigenvalue weighted by molar-refractivity contribution is 5.87. The maximum Gasteiger partial charge on any atom is 0.222 e. The highest BCUT2D eigenvalue weighted by Gasteiger charge is 2.23. The summed E-state index contributed by atoms with van der Waals surface area (Å²) in [6, 6.07) is 13.0. The van der Waals surface area contributed by atoms with Gasteiger partial charge in [0.25, 0.3) is 0 Å². The highest BCUT2D eigenvalue weighted by Crippen LogP contribution is 2.36. The third-order valence-electron chi connectivity index (χ3n) is 5.19. The molecule has 0 fully saturated rings. The quantitative estimate of drug-likeness (QED) is 0.457. The summed E-state index contributed by atoms with van der Waals surface area (Å²) in [5, 5.41) is 8.65. The first kappa shape index (κ1) is 18.1. The summed E-state index contributed by atoms with van der Waals surface area (Å²) in [6.07, 6.45) is 7.16. The van der Waals surface area contributed by atoms with Gasteiger partial charge in [-0.2, -0.15) is 9.67 Å². The van der Waals surface area contributed by atoms with Gasteiger partial charge in [-0.05, 0) is 36.4 Å². The number of methoxy groups -OCH3 is 1. The molecular formula is C22H16N8O2. The van der Waals surface area contributed by atoms with Crippen LogP contribution in [0.3, 0.4) is 0 Å². The number of nitrogens with two attached hydrogens (primary N) is 1. The van der Waals surface area contributed by atoms with Crippen molar-refractivity contribution in [2.24, 2.45) is 0 Å². The maximum atomic E-state index is 6.12. The number of fused-ring (bicyclic) bond motifs is 2. The molecule has 10 heteroatoms. The predicted octanol–water partition coefficient (Wildman–Crippen LogP) is 3.38. The molecule has 5 aromatic heterocycles. The molecule has 5 heterocycles. The van der Waals surface area contributed by atoms with Crippen LogP contribution in [0, 0.1) is 0 Å². The second-order valence-electron chi connectivity index (χ2n) is 7.07. The normalized spacial score (nSPS) is 11.4. The number of hydrogen-bond acceptors (Lipinski definition) is 8. The summed E-state index contributed by atoms with van der Waals surface area (Å²) in [5.74, 6) is 1.83. The van der Waals surface area contributed by atoms with E-state index in [1.165, 1.54) is 0 Å². The van der Waals surface area contributed by atoms with Crippen molar-refractivity contribution in [1.29, 1.82) is 0 Å². The van der Waals surface area contributed by atoms with Crippen LogP contribution in [-0.4, -0.2) is 41.5 Å². The fourth-order valence-electron chi connectivity index (χ4n) is 3.73. The molecule has 0 saturated heterocycles. The summed E-state index contributed by atoms with van der Waals surface area (Å²) < 4.78 is 14.5. The number of benzene rings is 1. The van der Waals surface area contributed by atoms with E-state index in [4.69, 9.17) is 14.9 Å². The molecule has 0 unspecified atom stereocenters. The van der Waals surface area contributed by atoms with Crippen LogP contribution in [0.1, 0.15) is 0 Å². The van der Waals surface area contributed by atoms with E-state index in [9.17, 15) is 0 Å². The number of hydrogen-bond donors (Lipinski definition) is 1. The Bertz CT molecular complexity index is 1580. The van der Waals surface area contributed by atoms with Gasteiger partial charge in [0, 0.05) is 30.2 Å². The van der Waals surface area contributed by atoms with Crippen molar-refractivity contribution in [3.8, 4) is 34.1 Å². The lowest BCUT2D eigenvalue weighted by atomic mass is 10.0. The molecule has 0 spiro atoms. The number of nitrogens with zero attached hydrogens (tertiary/aromatic N) is 7. The number of furan rings is 1. The number of aromatic nitrogens is 7. The molecule has 0 aliphatic carbocycles. The van der Waals surface area contributed by atoms with Crippen molar-refractivity contribution in [2.75, 3.05) is 12.8 Å². The van der Waals surface area contributed by atoms with E-state index < -0.39 is 0 Å².